The number of thiazole rings is 1. The smallest absolute Gasteiger partial charge is 0.355 e. The lowest BCUT2D eigenvalue weighted by Crippen LogP contribution is -2.10. The summed E-state index contributed by atoms with van der Waals surface area (Å²) in [5.74, 6) is -1.33. The Morgan fingerprint density at radius 2 is 2.00 bits per heavy atom. The van der Waals surface area contributed by atoms with Crippen molar-refractivity contribution in [2.24, 2.45) is 17.0 Å². The third-order valence-electron chi connectivity index (χ3n) is 6.10. The van der Waals surface area contributed by atoms with Crippen LogP contribution in [0.15, 0.2) is 52.5 Å². The summed E-state index contributed by atoms with van der Waals surface area (Å²) in [5.41, 5.74) is 3.30. The molecule has 34 heavy (non-hydrogen) atoms. The number of hydrogen-bond acceptors (Lipinski definition) is 6. The third kappa shape index (κ3) is 4.70. The molecule has 2 aromatic heterocycles. The molecule has 3 aromatic rings. The van der Waals surface area contributed by atoms with Crippen LogP contribution in [0.5, 0.6) is 0 Å². The fraction of sp³-hybridized carbons (Fsp3) is 0.292. The van der Waals surface area contributed by atoms with Gasteiger partial charge in [-0.3, -0.25) is 5.14 Å². The lowest BCUT2D eigenvalue weighted by Gasteiger charge is -2.18. The maximum atomic E-state index is 14.5. The number of benzene rings is 1. The molecule has 2 aliphatic carbocycles. The molecular weight excluding hydrogens is 478 g/mol. The first-order valence-electron chi connectivity index (χ1n) is 10.9. The van der Waals surface area contributed by atoms with Gasteiger partial charge in [-0.1, -0.05) is 6.08 Å². The van der Waals surface area contributed by atoms with Crippen molar-refractivity contribution in [2.45, 2.75) is 32.1 Å². The lowest BCUT2D eigenvalue weighted by molar-refractivity contribution is 0.0691. The number of hydrogen-bond donors (Lipinski definition) is 2. The van der Waals surface area contributed by atoms with Gasteiger partial charge in [-0.25, -0.2) is 23.2 Å². The fourth-order valence-electron chi connectivity index (χ4n) is 4.18. The van der Waals surface area contributed by atoms with E-state index < -0.39 is 5.97 Å². The largest absolute Gasteiger partial charge is 0.476 e. The van der Waals surface area contributed by atoms with Gasteiger partial charge in [-0.15, -0.1) is 11.3 Å². The van der Waals surface area contributed by atoms with E-state index in [1.165, 1.54) is 28.8 Å². The van der Waals surface area contributed by atoms with Crippen molar-refractivity contribution in [3.63, 3.8) is 0 Å². The number of allylic oxidation sites excluding steroid dienone is 3. The Kier molecular flexibility index (Phi) is 6.37. The summed E-state index contributed by atoms with van der Waals surface area (Å²) in [6.45, 7) is 0. The number of nitrogens with two attached hydrogens (primary N) is 1. The summed E-state index contributed by atoms with van der Waals surface area (Å²) in [4.78, 5) is 16.1. The van der Waals surface area contributed by atoms with E-state index in [-0.39, 0.29) is 23.3 Å². The van der Waals surface area contributed by atoms with Crippen molar-refractivity contribution in [3.8, 4) is 16.4 Å². The predicted octanol–water partition coefficient (Wildman–Crippen LogP) is 5.69. The Bertz CT molecular complexity index is 1290. The molecule has 0 saturated heterocycles. The van der Waals surface area contributed by atoms with Crippen LogP contribution in [-0.4, -0.2) is 25.8 Å². The molecule has 0 amide bonds. The van der Waals surface area contributed by atoms with Gasteiger partial charge in [0.2, 0.25) is 5.13 Å². The van der Waals surface area contributed by atoms with Crippen molar-refractivity contribution in [3.05, 3.63) is 75.3 Å². The van der Waals surface area contributed by atoms with E-state index in [1.54, 1.807) is 22.9 Å². The highest BCUT2D eigenvalue weighted by molar-refractivity contribution is 8.01. The van der Waals surface area contributed by atoms with E-state index in [0.29, 0.717) is 34.5 Å². The van der Waals surface area contributed by atoms with Crippen molar-refractivity contribution in [2.75, 3.05) is 0 Å². The first kappa shape index (κ1) is 22.9. The molecule has 1 saturated carbocycles. The van der Waals surface area contributed by atoms with Gasteiger partial charge in [0.05, 0.1) is 16.3 Å². The molecule has 5 rings (SSSR count). The number of carbonyl (C=O) groups is 1. The second-order valence-electron chi connectivity index (χ2n) is 8.56. The second-order valence-corrected chi connectivity index (χ2v) is 10.1. The highest BCUT2D eigenvalue weighted by Crippen LogP contribution is 2.39. The zero-order valence-corrected chi connectivity index (χ0v) is 19.7. The fourth-order valence-corrected chi connectivity index (χ4v) is 5.33. The standard InChI is InChI=1S/C24H22F2N4O2S2/c25-16-6-4-15(5-7-16)22-17(9-14-3-8-21(34-27)18(26)10-14)20(11-13-1-2-13)30(29-22)24-28-19(12-33-24)23(31)32/h4-8,10,12-14H,1-3,9,11,27H2,(H,31,32). The minimum absolute atomic E-state index is 0.0352. The second kappa shape index (κ2) is 9.44. The molecule has 2 heterocycles. The van der Waals surface area contributed by atoms with Crippen LogP contribution < -0.4 is 5.14 Å². The summed E-state index contributed by atoms with van der Waals surface area (Å²) in [7, 11) is 0. The van der Waals surface area contributed by atoms with Crippen LogP contribution in [0.2, 0.25) is 0 Å². The van der Waals surface area contributed by atoms with Crippen LogP contribution >= 0.6 is 23.3 Å². The maximum absolute atomic E-state index is 14.5. The summed E-state index contributed by atoms with van der Waals surface area (Å²) < 4.78 is 29.9. The average molecular weight is 501 g/mol. The monoisotopic (exact) mass is 500 g/mol. The number of rotatable bonds is 8. The van der Waals surface area contributed by atoms with E-state index >= 15 is 0 Å². The maximum Gasteiger partial charge on any atom is 0.355 e. The number of carboxylic acid groups (broad SMARTS) is 1. The highest BCUT2D eigenvalue weighted by atomic mass is 32.2. The Balaban J connectivity index is 1.62. The molecule has 6 nitrogen and oxygen atoms in total. The van der Waals surface area contributed by atoms with Crippen LogP contribution in [0.4, 0.5) is 8.78 Å². The van der Waals surface area contributed by atoms with Crippen LogP contribution in [0, 0.1) is 17.7 Å². The first-order valence-corrected chi connectivity index (χ1v) is 12.7. The van der Waals surface area contributed by atoms with Crippen molar-refractivity contribution < 1.29 is 18.7 Å². The van der Waals surface area contributed by atoms with E-state index in [0.717, 1.165) is 48.0 Å². The number of aromatic nitrogens is 3. The van der Waals surface area contributed by atoms with E-state index in [2.05, 4.69) is 4.98 Å². The first-order chi connectivity index (χ1) is 16.4. The summed E-state index contributed by atoms with van der Waals surface area (Å²) in [5, 5.41) is 21.7. The third-order valence-corrected chi connectivity index (χ3v) is 7.53. The Labute approximate surface area is 203 Å². The minimum Gasteiger partial charge on any atom is -0.476 e. The Morgan fingerprint density at radius 3 is 2.62 bits per heavy atom. The number of aromatic carboxylic acids is 1. The lowest BCUT2D eigenvalue weighted by atomic mass is 9.89. The topological polar surface area (TPSA) is 94.0 Å². The van der Waals surface area contributed by atoms with E-state index in [4.69, 9.17) is 10.2 Å². The number of halogens is 2. The quantitative estimate of drug-likeness (QED) is 0.386. The molecule has 3 N–H and O–H groups in total. The molecule has 176 valence electrons. The van der Waals surface area contributed by atoms with Crippen molar-refractivity contribution in [1.29, 1.82) is 0 Å². The predicted molar refractivity (Wildman–Crippen MR) is 129 cm³/mol. The number of nitrogens with zero attached hydrogens (tertiary/aromatic N) is 3. The van der Waals surface area contributed by atoms with Crippen molar-refractivity contribution in [1.82, 2.24) is 14.8 Å². The van der Waals surface area contributed by atoms with Gasteiger partial charge in [0, 0.05) is 16.5 Å². The molecule has 1 unspecified atom stereocenters. The van der Waals surface area contributed by atoms with Crippen LogP contribution in [0.1, 0.15) is 41.0 Å². The zero-order valence-electron chi connectivity index (χ0n) is 18.1. The molecule has 2 aliphatic rings. The van der Waals surface area contributed by atoms with Crippen LogP contribution in [0.25, 0.3) is 16.4 Å². The average Bonchev–Trinajstić information content (AvgIpc) is 3.38. The molecule has 1 fully saturated rings. The van der Waals surface area contributed by atoms with Gasteiger partial charge < -0.3 is 5.11 Å². The van der Waals surface area contributed by atoms with Gasteiger partial charge in [0.15, 0.2) is 5.69 Å². The Morgan fingerprint density at radius 1 is 1.24 bits per heavy atom. The SMILES string of the molecule is NSC1=CCC(Cc2c(-c3ccc(F)cc3)nn(-c3nc(C(=O)O)cs3)c2CC2CC2)C=C1F. The molecule has 0 spiro atoms. The van der Waals surface area contributed by atoms with E-state index in [9.17, 15) is 18.7 Å². The highest BCUT2D eigenvalue weighted by Gasteiger charge is 2.30. The van der Waals surface area contributed by atoms with Gasteiger partial charge in [-0.05, 0) is 86.2 Å². The van der Waals surface area contributed by atoms with Gasteiger partial charge in [-0.2, -0.15) is 5.10 Å². The zero-order chi connectivity index (χ0) is 23.8. The number of carboxylic acids is 1. The molecule has 0 radical (unpaired) electrons. The van der Waals surface area contributed by atoms with Gasteiger partial charge in [0.1, 0.15) is 11.6 Å². The van der Waals surface area contributed by atoms with E-state index in [1.807, 2.05) is 6.08 Å². The minimum atomic E-state index is -1.10. The van der Waals surface area contributed by atoms with Gasteiger partial charge >= 0.3 is 5.97 Å². The van der Waals surface area contributed by atoms with Gasteiger partial charge in [0.25, 0.3) is 0 Å². The van der Waals surface area contributed by atoms with Crippen LogP contribution in [-0.2, 0) is 12.8 Å². The molecule has 10 heteroatoms. The summed E-state index contributed by atoms with van der Waals surface area (Å²) >= 11 is 2.11. The summed E-state index contributed by atoms with van der Waals surface area (Å²) in [6, 6.07) is 6.13. The normalized spacial score (nSPS) is 18.0. The molecule has 0 bridgehead atoms. The molecule has 0 aliphatic heterocycles. The molecular formula is C24H22F2N4O2S2. The molecule has 1 atom stereocenters. The molecule has 1 aromatic carbocycles. The van der Waals surface area contributed by atoms with Crippen LogP contribution in [0.3, 0.4) is 0 Å². The Hall–Kier alpha value is -2.82. The summed E-state index contributed by atoms with van der Waals surface area (Å²) in [6.07, 6.45) is 7.60. The van der Waals surface area contributed by atoms with Crippen molar-refractivity contribution >= 4 is 29.3 Å².